The van der Waals surface area contributed by atoms with Gasteiger partial charge < -0.3 is 0 Å². The Morgan fingerprint density at radius 3 is 2.38 bits per heavy atom. The number of Topliss-reactive ketones (excluding diaryl/α,β-unsaturated/α-hetero) is 2. The standard InChI is InChI=1S/C14H20O2/c1-9-3-5-11(13(9)15)7-8-12-6-4-10(2)14(12)16/h3,10-12H,4-8H2,1-2H3. The highest BCUT2D eigenvalue weighted by Gasteiger charge is 2.32. The predicted molar refractivity (Wildman–Crippen MR) is 63.0 cm³/mol. The molecule has 2 aliphatic carbocycles. The molecule has 88 valence electrons. The first kappa shape index (κ1) is 11.6. The third-order valence-corrected chi connectivity index (χ3v) is 4.17. The first-order chi connectivity index (χ1) is 7.59. The molecule has 2 rings (SSSR count). The van der Waals surface area contributed by atoms with Gasteiger partial charge in [-0.25, -0.2) is 0 Å². The normalized spacial score (nSPS) is 34.6. The molecular formula is C14H20O2. The number of rotatable bonds is 3. The van der Waals surface area contributed by atoms with Crippen LogP contribution in [-0.4, -0.2) is 11.6 Å². The van der Waals surface area contributed by atoms with E-state index in [1.807, 2.05) is 19.9 Å². The van der Waals surface area contributed by atoms with Gasteiger partial charge in [0.1, 0.15) is 5.78 Å². The Kier molecular flexibility index (Phi) is 3.27. The smallest absolute Gasteiger partial charge is 0.161 e. The molecule has 0 aromatic rings. The van der Waals surface area contributed by atoms with Crippen molar-refractivity contribution < 1.29 is 9.59 Å². The van der Waals surface area contributed by atoms with Crippen LogP contribution in [0.1, 0.15) is 46.0 Å². The molecule has 0 amide bonds. The maximum Gasteiger partial charge on any atom is 0.161 e. The summed E-state index contributed by atoms with van der Waals surface area (Å²) in [7, 11) is 0. The molecular weight excluding hydrogens is 200 g/mol. The highest BCUT2D eigenvalue weighted by Crippen LogP contribution is 2.33. The minimum atomic E-state index is 0.170. The molecule has 0 bridgehead atoms. The summed E-state index contributed by atoms with van der Waals surface area (Å²) in [6.45, 7) is 3.92. The third-order valence-electron chi connectivity index (χ3n) is 4.17. The fraction of sp³-hybridized carbons (Fsp3) is 0.714. The van der Waals surface area contributed by atoms with E-state index >= 15 is 0 Å². The zero-order chi connectivity index (χ0) is 11.7. The van der Waals surface area contributed by atoms with Crippen LogP contribution >= 0.6 is 0 Å². The SMILES string of the molecule is CC1=CCC(CCC2CCC(C)C2=O)C1=O. The molecule has 0 heterocycles. The highest BCUT2D eigenvalue weighted by atomic mass is 16.1. The molecule has 2 aliphatic rings. The summed E-state index contributed by atoms with van der Waals surface area (Å²) in [5.74, 6) is 1.39. The zero-order valence-electron chi connectivity index (χ0n) is 10.2. The lowest BCUT2D eigenvalue weighted by atomic mass is 9.91. The first-order valence-corrected chi connectivity index (χ1v) is 6.34. The molecule has 0 aromatic heterocycles. The first-order valence-electron chi connectivity index (χ1n) is 6.34. The van der Waals surface area contributed by atoms with Crippen molar-refractivity contribution in [2.24, 2.45) is 17.8 Å². The lowest BCUT2D eigenvalue weighted by molar-refractivity contribution is -0.124. The van der Waals surface area contributed by atoms with Gasteiger partial charge in [-0.15, -0.1) is 0 Å². The average Bonchev–Trinajstić information content (AvgIpc) is 2.74. The number of hydrogen-bond acceptors (Lipinski definition) is 2. The Balaban J connectivity index is 1.81. The van der Waals surface area contributed by atoms with Crippen LogP contribution in [0.2, 0.25) is 0 Å². The van der Waals surface area contributed by atoms with Crippen LogP contribution in [0.4, 0.5) is 0 Å². The summed E-state index contributed by atoms with van der Waals surface area (Å²) < 4.78 is 0. The summed E-state index contributed by atoms with van der Waals surface area (Å²) in [5.41, 5.74) is 0.913. The molecule has 0 spiro atoms. The van der Waals surface area contributed by atoms with E-state index in [1.54, 1.807) is 0 Å². The van der Waals surface area contributed by atoms with Gasteiger partial charge in [0.2, 0.25) is 0 Å². The number of ketones is 2. The van der Waals surface area contributed by atoms with Crippen LogP contribution in [0.5, 0.6) is 0 Å². The number of allylic oxidation sites excluding steroid dienone is 2. The van der Waals surface area contributed by atoms with Gasteiger partial charge in [-0.2, -0.15) is 0 Å². The van der Waals surface area contributed by atoms with E-state index in [9.17, 15) is 9.59 Å². The Morgan fingerprint density at radius 1 is 1.19 bits per heavy atom. The van der Waals surface area contributed by atoms with Crippen molar-refractivity contribution in [3.63, 3.8) is 0 Å². The van der Waals surface area contributed by atoms with Crippen LogP contribution in [-0.2, 0) is 9.59 Å². The Labute approximate surface area is 97.1 Å². The van der Waals surface area contributed by atoms with E-state index in [2.05, 4.69) is 0 Å². The monoisotopic (exact) mass is 220 g/mol. The number of hydrogen-bond donors (Lipinski definition) is 0. The van der Waals surface area contributed by atoms with E-state index in [-0.39, 0.29) is 17.8 Å². The van der Waals surface area contributed by atoms with E-state index in [0.29, 0.717) is 11.6 Å². The van der Waals surface area contributed by atoms with Crippen molar-refractivity contribution in [3.8, 4) is 0 Å². The van der Waals surface area contributed by atoms with Gasteiger partial charge >= 0.3 is 0 Å². The van der Waals surface area contributed by atoms with Gasteiger partial charge in [-0.3, -0.25) is 9.59 Å². The molecule has 0 saturated heterocycles. The highest BCUT2D eigenvalue weighted by molar-refractivity contribution is 5.98. The summed E-state index contributed by atoms with van der Waals surface area (Å²) in [6, 6.07) is 0. The van der Waals surface area contributed by atoms with Gasteiger partial charge in [0.15, 0.2) is 5.78 Å². The van der Waals surface area contributed by atoms with Gasteiger partial charge in [0, 0.05) is 17.8 Å². The summed E-state index contributed by atoms with van der Waals surface area (Å²) >= 11 is 0. The maximum absolute atomic E-state index is 11.8. The van der Waals surface area contributed by atoms with Crippen molar-refractivity contribution in [1.29, 1.82) is 0 Å². The summed E-state index contributed by atoms with van der Waals surface area (Å²) in [4.78, 5) is 23.5. The molecule has 1 fully saturated rings. The second kappa shape index (κ2) is 4.52. The lowest BCUT2D eigenvalue weighted by Gasteiger charge is -2.12. The molecule has 0 aromatic carbocycles. The van der Waals surface area contributed by atoms with Crippen LogP contribution in [0, 0.1) is 17.8 Å². The molecule has 0 N–H and O–H groups in total. The maximum atomic E-state index is 11.8. The lowest BCUT2D eigenvalue weighted by Crippen LogP contribution is -2.15. The van der Waals surface area contributed by atoms with E-state index in [1.165, 1.54) is 0 Å². The third kappa shape index (κ3) is 2.11. The molecule has 16 heavy (non-hydrogen) atoms. The van der Waals surface area contributed by atoms with Crippen molar-refractivity contribution in [2.75, 3.05) is 0 Å². The van der Waals surface area contributed by atoms with Gasteiger partial charge in [-0.05, 0) is 44.6 Å². The van der Waals surface area contributed by atoms with E-state index in [4.69, 9.17) is 0 Å². The Bertz CT molecular complexity index is 339. The number of carbonyl (C=O) groups excluding carboxylic acids is 2. The van der Waals surface area contributed by atoms with E-state index in [0.717, 1.165) is 37.7 Å². The zero-order valence-corrected chi connectivity index (χ0v) is 10.2. The van der Waals surface area contributed by atoms with E-state index < -0.39 is 0 Å². The average molecular weight is 220 g/mol. The van der Waals surface area contributed by atoms with Crippen LogP contribution in [0.3, 0.4) is 0 Å². The fourth-order valence-corrected chi connectivity index (χ4v) is 2.92. The summed E-state index contributed by atoms with van der Waals surface area (Å²) in [5, 5.41) is 0. The topological polar surface area (TPSA) is 34.1 Å². The molecule has 1 saturated carbocycles. The van der Waals surface area contributed by atoms with Crippen molar-refractivity contribution in [3.05, 3.63) is 11.6 Å². The fourth-order valence-electron chi connectivity index (χ4n) is 2.92. The quantitative estimate of drug-likeness (QED) is 0.733. The van der Waals surface area contributed by atoms with Crippen LogP contribution in [0.15, 0.2) is 11.6 Å². The molecule has 2 heteroatoms. The molecule has 0 radical (unpaired) electrons. The van der Waals surface area contributed by atoms with Crippen molar-refractivity contribution >= 4 is 11.6 Å². The largest absolute Gasteiger partial charge is 0.299 e. The van der Waals surface area contributed by atoms with Gasteiger partial charge in [-0.1, -0.05) is 13.0 Å². The molecule has 2 nitrogen and oxygen atoms in total. The van der Waals surface area contributed by atoms with Crippen molar-refractivity contribution in [2.45, 2.75) is 46.0 Å². The minimum Gasteiger partial charge on any atom is -0.299 e. The van der Waals surface area contributed by atoms with Crippen LogP contribution < -0.4 is 0 Å². The van der Waals surface area contributed by atoms with Gasteiger partial charge in [0.25, 0.3) is 0 Å². The minimum absolute atomic E-state index is 0.170. The van der Waals surface area contributed by atoms with Crippen LogP contribution in [0.25, 0.3) is 0 Å². The Morgan fingerprint density at radius 2 is 1.88 bits per heavy atom. The second-order valence-electron chi connectivity index (χ2n) is 5.34. The second-order valence-corrected chi connectivity index (χ2v) is 5.34. The molecule has 3 unspecified atom stereocenters. The number of carbonyl (C=O) groups is 2. The van der Waals surface area contributed by atoms with Gasteiger partial charge in [0.05, 0.1) is 0 Å². The molecule has 3 atom stereocenters. The molecule has 0 aliphatic heterocycles. The van der Waals surface area contributed by atoms with Crippen molar-refractivity contribution in [1.82, 2.24) is 0 Å². The predicted octanol–water partition coefficient (Wildman–Crippen LogP) is 2.92. The Hall–Kier alpha value is -0.920. The summed E-state index contributed by atoms with van der Waals surface area (Å²) in [6.07, 6.45) is 6.82.